The van der Waals surface area contributed by atoms with Gasteiger partial charge in [-0.2, -0.15) is 0 Å². The number of rotatable bonds is 6. The highest BCUT2D eigenvalue weighted by molar-refractivity contribution is 7.92. The topological polar surface area (TPSA) is 103 Å². The number of aromatic nitrogens is 3. The maximum absolute atomic E-state index is 14.2. The molecule has 1 fully saturated rings. The fourth-order valence-corrected chi connectivity index (χ4v) is 5.35. The van der Waals surface area contributed by atoms with Crippen molar-refractivity contribution in [2.24, 2.45) is 0 Å². The molecule has 192 valence electrons. The highest BCUT2D eigenvalue weighted by atomic mass is 32.2. The van der Waals surface area contributed by atoms with Gasteiger partial charge >= 0.3 is 0 Å². The van der Waals surface area contributed by atoms with Gasteiger partial charge in [0.05, 0.1) is 24.6 Å². The number of nitrogens with zero attached hydrogens (tertiary/aromatic N) is 3. The van der Waals surface area contributed by atoms with Crippen LogP contribution in [-0.2, 0) is 14.8 Å². The first-order chi connectivity index (χ1) is 17.7. The minimum absolute atomic E-state index is 0.0217. The number of ether oxygens (including phenoxy) is 2. The first kappa shape index (κ1) is 25.0. The lowest BCUT2D eigenvalue weighted by molar-refractivity contribution is 0.0261. The Morgan fingerprint density at radius 1 is 0.973 bits per heavy atom. The molecule has 0 saturated carbocycles. The zero-order chi connectivity index (χ0) is 26.2. The van der Waals surface area contributed by atoms with Crippen LogP contribution in [0.25, 0.3) is 22.0 Å². The number of nitrogens with one attached hydrogen (secondary N) is 1. The molecule has 0 spiro atoms. The summed E-state index contributed by atoms with van der Waals surface area (Å²) < 4.78 is 67.4. The van der Waals surface area contributed by atoms with Crippen LogP contribution in [0.3, 0.4) is 0 Å². The van der Waals surface area contributed by atoms with E-state index in [4.69, 9.17) is 9.47 Å². The van der Waals surface area contributed by atoms with E-state index in [-0.39, 0.29) is 11.8 Å². The van der Waals surface area contributed by atoms with Gasteiger partial charge in [-0.3, -0.25) is 9.71 Å². The van der Waals surface area contributed by atoms with E-state index >= 15 is 0 Å². The van der Waals surface area contributed by atoms with E-state index in [0.29, 0.717) is 47.4 Å². The highest BCUT2D eigenvalue weighted by Gasteiger charge is 2.22. The second kappa shape index (κ2) is 9.98. The average molecular weight is 527 g/mol. The van der Waals surface area contributed by atoms with Crippen molar-refractivity contribution in [3.05, 3.63) is 71.9 Å². The molecule has 2 aromatic carbocycles. The largest absolute Gasteiger partial charge is 0.488 e. The Bertz CT molecular complexity index is 1590. The Morgan fingerprint density at radius 2 is 1.76 bits per heavy atom. The summed E-state index contributed by atoms with van der Waals surface area (Å²) in [6.45, 7) is 4.74. The zero-order valence-electron chi connectivity index (χ0n) is 20.2. The van der Waals surface area contributed by atoms with Crippen LogP contribution < -0.4 is 9.46 Å². The molecule has 1 aliphatic heterocycles. The van der Waals surface area contributed by atoms with E-state index in [1.165, 1.54) is 6.33 Å². The molecule has 37 heavy (non-hydrogen) atoms. The second-order valence-electron chi connectivity index (χ2n) is 8.80. The van der Waals surface area contributed by atoms with E-state index < -0.39 is 26.6 Å². The molecule has 11 heteroatoms. The molecule has 2 aromatic heterocycles. The van der Waals surface area contributed by atoms with Gasteiger partial charge in [-0.25, -0.2) is 27.2 Å². The highest BCUT2D eigenvalue weighted by Crippen LogP contribution is 2.35. The number of hydrogen-bond acceptors (Lipinski definition) is 7. The van der Waals surface area contributed by atoms with Crippen molar-refractivity contribution in [2.45, 2.75) is 37.7 Å². The lowest BCUT2D eigenvalue weighted by Crippen LogP contribution is -2.26. The molecule has 0 radical (unpaired) electrons. The minimum Gasteiger partial charge on any atom is -0.488 e. The van der Waals surface area contributed by atoms with Gasteiger partial charge in [0.1, 0.15) is 40.2 Å². The quantitative estimate of drug-likeness (QED) is 0.379. The van der Waals surface area contributed by atoms with Gasteiger partial charge in [-0.15, -0.1) is 0 Å². The Morgan fingerprint density at radius 3 is 2.51 bits per heavy atom. The molecule has 1 N–H and O–H groups in total. The number of aryl methyl sites for hydroxylation is 2. The lowest BCUT2D eigenvalue weighted by atomic mass is 10.0. The van der Waals surface area contributed by atoms with Crippen LogP contribution in [0.4, 0.5) is 14.5 Å². The molecular formula is C26H24F2N4O4S. The van der Waals surface area contributed by atoms with Gasteiger partial charge in [-0.05, 0) is 49.7 Å². The van der Waals surface area contributed by atoms with Gasteiger partial charge in [0.15, 0.2) is 0 Å². The zero-order valence-corrected chi connectivity index (χ0v) is 21.0. The Balaban J connectivity index is 1.55. The molecule has 1 saturated heterocycles. The van der Waals surface area contributed by atoms with Crippen molar-refractivity contribution >= 4 is 26.6 Å². The van der Waals surface area contributed by atoms with Crippen LogP contribution in [0.5, 0.6) is 5.75 Å². The lowest BCUT2D eigenvalue weighted by Gasteiger charge is -2.24. The van der Waals surface area contributed by atoms with Crippen molar-refractivity contribution in [1.82, 2.24) is 15.0 Å². The summed E-state index contributed by atoms with van der Waals surface area (Å²) in [5, 5.41) is 0.790. The monoisotopic (exact) mass is 526 g/mol. The van der Waals surface area contributed by atoms with Crippen molar-refractivity contribution in [3.8, 4) is 16.9 Å². The molecule has 1 aliphatic rings. The molecule has 0 aliphatic carbocycles. The van der Waals surface area contributed by atoms with Crippen molar-refractivity contribution in [2.75, 3.05) is 17.9 Å². The van der Waals surface area contributed by atoms with E-state index in [1.54, 1.807) is 19.2 Å². The van der Waals surface area contributed by atoms with Crippen LogP contribution in [-0.4, -0.2) is 42.7 Å². The molecule has 8 nitrogen and oxygen atoms in total. The number of benzene rings is 2. The normalized spacial score (nSPS) is 14.6. The molecule has 0 atom stereocenters. The summed E-state index contributed by atoms with van der Waals surface area (Å²) in [5.74, 6) is -1.47. The summed E-state index contributed by atoms with van der Waals surface area (Å²) >= 11 is 0. The standard InChI is InChI=1S/C26H24F2N4O4S/c1-15-21-9-17(11-24(26(21)31-14-30-15)36-20-5-7-35-8-6-20)18-10-23(16(2)29-13-18)32-37(33,34)25-4-3-19(27)12-22(25)28/h3-4,9-14,20,32H,5-8H2,1-2H3. The van der Waals surface area contributed by atoms with Crippen LogP contribution >= 0.6 is 0 Å². The Kier molecular flexibility index (Phi) is 6.74. The summed E-state index contributed by atoms with van der Waals surface area (Å²) in [6, 6.07) is 7.64. The molecule has 0 unspecified atom stereocenters. The number of sulfonamides is 1. The molecule has 0 bridgehead atoms. The maximum atomic E-state index is 14.2. The van der Waals surface area contributed by atoms with Gasteiger partial charge in [0, 0.05) is 41.7 Å². The number of hydrogen-bond donors (Lipinski definition) is 1. The molecule has 3 heterocycles. The maximum Gasteiger partial charge on any atom is 0.264 e. The van der Waals surface area contributed by atoms with Crippen LogP contribution in [0, 0.1) is 25.5 Å². The third-order valence-electron chi connectivity index (χ3n) is 6.21. The van der Waals surface area contributed by atoms with E-state index in [2.05, 4.69) is 19.7 Å². The van der Waals surface area contributed by atoms with E-state index in [0.717, 1.165) is 36.1 Å². The fraction of sp³-hybridized carbons (Fsp3) is 0.269. The summed E-state index contributed by atoms with van der Waals surface area (Å²) in [6.07, 6.45) is 4.60. The number of anilines is 1. The average Bonchev–Trinajstić information content (AvgIpc) is 2.86. The number of pyridine rings is 1. The fourth-order valence-electron chi connectivity index (χ4n) is 4.18. The summed E-state index contributed by atoms with van der Waals surface area (Å²) in [7, 11) is -4.34. The van der Waals surface area contributed by atoms with Gasteiger partial charge < -0.3 is 9.47 Å². The third-order valence-corrected chi connectivity index (χ3v) is 7.61. The van der Waals surface area contributed by atoms with Crippen molar-refractivity contribution in [3.63, 3.8) is 0 Å². The van der Waals surface area contributed by atoms with Crippen LogP contribution in [0.1, 0.15) is 24.2 Å². The first-order valence-electron chi connectivity index (χ1n) is 11.7. The molecule has 0 amide bonds. The van der Waals surface area contributed by atoms with E-state index in [1.807, 2.05) is 19.1 Å². The molecular weight excluding hydrogens is 502 g/mol. The van der Waals surface area contributed by atoms with Crippen LogP contribution in [0.15, 0.2) is 53.8 Å². The van der Waals surface area contributed by atoms with Crippen molar-refractivity contribution < 1.29 is 26.7 Å². The number of fused-ring (bicyclic) bond motifs is 1. The summed E-state index contributed by atoms with van der Waals surface area (Å²) in [4.78, 5) is 12.4. The van der Waals surface area contributed by atoms with Gasteiger partial charge in [0.2, 0.25) is 0 Å². The number of halogens is 2. The van der Waals surface area contributed by atoms with E-state index in [9.17, 15) is 17.2 Å². The minimum atomic E-state index is -4.34. The van der Waals surface area contributed by atoms with Crippen LogP contribution in [0.2, 0.25) is 0 Å². The van der Waals surface area contributed by atoms with Gasteiger partial charge in [-0.1, -0.05) is 0 Å². The molecule has 5 rings (SSSR count). The SMILES string of the molecule is Cc1ncc(-c2cc(OC3CCOCC3)c3ncnc(C)c3c2)cc1NS(=O)(=O)c1ccc(F)cc1F. The third kappa shape index (κ3) is 5.23. The Hall–Kier alpha value is -3.70. The van der Waals surface area contributed by atoms with Crippen molar-refractivity contribution in [1.29, 1.82) is 0 Å². The summed E-state index contributed by atoms with van der Waals surface area (Å²) in [5.41, 5.74) is 3.30. The second-order valence-corrected chi connectivity index (χ2v) is 10.4. The smallest absolute Gasteiger partial charge is 0.264 e. The first-order valence-corrected chi connectivity index (χ1v) is 13.1. The predicted octanol–water partition coefficient (Wildman–Crippen LogP) is 4.95. The molecule has 4 aromatic rings. The van der Waals surface area contributed by atoms with Gasteiger partial charge in [0.25, 0.3) is 10.0 Å². The predicted molar refractivity (Wildman–Crippen MR) is 134 cm³/mol. The Labute approximate surface area is 212 Å².